The summed E-state index contributed by atoms with van der Waals surface area (Å²) in [5.74, 6) is -6.54. The number of aryl methyl sites for hydroxylation is 2. The first kappa shape index (κ1) is 43.5. The number of ketones is 3. The number of Topliss-reactive ketones (excluding diaryl/α,β-unsaturated/α-hetero) is 3. The molecule has 2 amide bonds. The van der Waals surface area contributed by atoms with Gasteiger partial charge in [-0.05, 0) is 57.7 Å². The molecule has 2 heterocycles. The van der Waals surface area contributed by atoms with Gasteiger partial charge in [-0.2, -0.15) is 0 Å². The zero-order valence-corrected chi connectivity index (χ0v) is 32.4. The van der Waals surface area contributed by atoms with E-state index in [9.17, 15) is 48.6 Å². The first-order valence-corrected chi connectivity index (χ1v) is 17.8. The Hall–Kier alpha value is -5.86. The monoisotopic (exact) mass is 760 g/mol. The van der Waals surface area contributed by atoms with Crippen LogP contribution in [0.1, 0.15) is 111 Å². The standard InChI is InChI=1S/2C15H18N2O3.C10H12O5/c1-8(2)15(4)14(20)16-12(17-15)11-7-9(3)5-6-10(11)13(18)19;1-8(2)15(4)14(20)16-12(17-15)10-6-5-9(3)7-11(10)13(18)19;1-2-6(11)9-7(12)3-5(10(14)15)4-8(9)13/h2*5-8H,1-4H3,(H,18,19)(H,16,17,20);5,9H,2-4H2,1H3,(H,14,15). The van der Waals surface area contributed by atoms with E-state index >= 15 is 0 Å². The van der Waals surface area contributed by atoms with Crippen molar-refractivity contribution in [3.8, 4) is 0 Å². The molecule has 294 valence electrons. The Balaban J connectivity index is 0.000000224. The highest BCUT2D eigenvalue weighted by Crippen LogP contribution is 2.29. The minimum absolute atomic E-state index is 0.0260. The number of amides is 2. The Morgan fingerprint density at radius 2 is 1.15 bits per heavy atom. The minimum atomic E-state index is -1.20. The van der Waals surface area contributed by atoms with E-state index < -0.39 is 58.2 Å². The number of nitrogens with zero attached hydrogens (tertiary/aromatic N) is 2. The van der Waals surface area contributed by atoms with Gasteiger partial charge in [0.25, 0.3) is 11.8 Å². The molecule has 2 unspecified atom stereocenters. The summed E-state index contributed by atoms with van der Waals surface area (Å²) >= 11 is 0. The van der Waals surface area contributed by atoms with Gasteiger partial charge in [-0.15, -0.1) is 0 Å². The molecule has 3 aliphatic rings. The lowest BCUT2D eigenvalue weighted by Crippen LogP contribution is -2.41. The van der Waals surface area contributed by atoms with Crippen LogP contribution in [0.4, 0.5) is 0 Å². The zero-order valence-electron chi connectivity index (χ0n) is 32.4. The minimum Gasteiger partial charge on any atom is -0.481 e. The summed E-state index contributed by atoms with van der Waals surface area (Å²) in [6.07, 6.45) is -0.297. The van der Waals surface area contributed by atoms with Gasteiger partial charge in [-0.1, -0.05) is 63.9 Å². The molecule has 0 radical (unpaired) electrons. The van der Waals surface area contributed by atoms with E-state index in [1.807, 2.05) is 47.6 Å². The maximum atomic E-state index is 12.1. The maximum absolute atomic E-state index is 12.1. The molecular weight excluding hydrogens is 712 g/mol. The third kappa shape index (κ3) is 9.45. The van der Waals surface area contributed by atoms with Crippen LogP contribution in [0.5, 0.6) is 0 Å². The Bertz CT molecular complexity index is 2000. The molecule has 0 spiro atoms. The molecule has 15 nitrogen and oxygen atoms in total. The van der Waals surface area contributed by atoms with Crippen LogP contribution in [0.15, 0.2) is 46.4 Å². The first-order chi connectivity index (χ1) is 25.5. The third-order valence-corrected chi connectivity index (χ3v) is 10.2. The third-order valence-electron chi connectivity index (χ3n) is 10.2. The van der Waals surface area contributed by atoms with Gasteiger partial charge in [-0.3, -0.25) is 38.8 Å². The van der Waals surface area contributed by atoms with Crippen molar-refractivity contribution >= 4 is 58.7 Å². The van der Waals surface area contributed by atoms with Crippen molar-refractivity contribution in [2.75, 3.05) is 0 Å². The summed E-state index contributed by atoms with van der Waals surface area (Å²) in [4.78, 5) is 100. The lowest BCUT2D eigenvalue weighted by Gasteiger charge is -2.22. The van der Waals surface area contributed by atoms with Crippen molar-refractivity contribution in [2.24, 2.45) is 33.7 Å². The van der Waals surface area contributed by atoms with E-state index in [0.29, 0.717) is 22.8 Å². The molecule has 1 fully saturated rings. The van der Waals surface area contributed by atoms with Crippen LogP contribution in [0, 0.1) is 37.5 Å². The van der Waals surface area contributed by atoms with E-state index in [4.69, 9.17) is 5.11 Å². The van der Waals surface area contributed by atoms with Crippen LogP contribution < -0.4 is 10.6 Å². The molecule has 55 heavy (non-hydrogen) atoms. The van der Waals surface area contributed by atoms with Crippen molar-refractivity contribution < 1.29 is 53.7 Å². The first-order valence-electron chi connectivity index (χ1n) is 17.8. The van der Waals surface area contributed by atoms with Crippen LogP contribution in [0.3, 0.4) is 0 Å². The number of amidine groups is 2. The number of carboxylic acid groups (broad SMARTS) is 3. The predicted octanol–water partition coefficient (Wildman–Crippen LogP) is 4.18. The van der Waals surface area contributed by atoms with Crippen LogP contribution in [0.25, 0.3) is 0 Å². The lowest BCUT2D eigenvalue weighted by atomic mass is 9.77. The van der Waals surface area contributed by atoms with Crippen molar-refractivity contribution in [3.05, 3.63) is 69.8 Å². The SMILES string of the molecule is CCC(=O)C1C(=O)CC(C(=O)O)CC1=O.Cc1ccc(C(=O)O)c(C2=NC(C)(C(C)C)C(=O)N2)c1.Cc1ccc(C2=NC(C)(C(C)C)C(=O)N2)c(C(=O)O)c1. The van der Waals surface area contributed by atoms with E-state index in [0.717, 1.165) is 11.1 Å². The number of benzene rings is 2. The number of carboxylic acids is 3. The fourth-order valence-electron chi connectivity index (χ4n) is 5.92. The number of carbonyl (C=O) groups excluding carboxylic acids is 5. The van der Waals surface area contributed by atoms with E-state index in [1.54, 1.807) is 45.0 Å². The summed E-state index contributed by atoms with van der Waals surface area (Å²) in [6.45, 7) is 16.5. The van der Waals surface area contributed by atoms with Crippen molar-refractivity contribution in [3.63, 3.8) is 0 Å². The van der Waals surface area contributed by atoms with Gasteiger partial charge in [0.05, 0.1) is 17.0 Å². The molecule has 1 aliphatic carbocycles. The number of aromatic carboxylic acids is 2. The van der Waals surface area contributed by atoms with Gasteiger partial charge in [0.1, 0.15) is 28.7 Å². The van der Waals surface area contributed by atoms with Gasteiger partial charge >= 0.3 is 17.9 Å². The molecule has 1 saturated carbocycles. The lowest BCUT2D eigenvalue weighted by molar-refractivity contribution is -0.152. The Kier molecular flexibility index (Phi) is 13.5. The molecular formula is C40H48N4O11. The highest BCUT2D eigenvalue weighted by molar-refractivity contribution is 6.22. The number of rotatable bonds is 9. The number of nitrogens with one attached hydrogen (secondary N) is 2. The van der Waals surface area contributed by atoms with Crippen molar-refractivity contribution in [1.82, 2.24) is 10.6 Å². The van der Waals surface area contributed by atoms with Crippen LogP contribution >= 0.6 is 0 Å². The molecule has 2 aromatic carbocycles. The highest BCUT2D eigenvalue weighted by atomic mass is 16.4. The number of carbonyl (C=O) groups is 8. The van der Waals surface area contributed by atoms with Crippen molar-refractivity contribution in [2.45, 2.75) is 92.7 Å². The fraction of sp³-hybridized carbons (Fsp3) is 0.450. The molecule has 0 saturated heterocycles. The summed E-state index contributed by atoms with van der Waals surface area (Å²) in [7, 11) is 0. The van der Waals surface area contributed by atoms with Crippen molar-refractivity contribution in [1.29, 1.82) is 0 Å². The normalized spacial score (nSPS) is 23.1. The molecule has 15 heteroatoms. The average Bonchev–Trinajstić information content (AvgIpc) is 3.59. The van der Waals surface area contributed by atoms with Crippen LogP contribution in [0.2, 0.25) is 0 Å². The quantitative estimate of drug-likeness (QED) is 0.227. The number of hydrogen-bond donors (Lipinski definition) is 5. The van der Waals surface area contributed by atoms with Gasteiger partial charge in [0.2, 0.25) is 0 Å². The summed E-state index contributed by atoms with van der Waals surface area (Å²) in [5.41, 5.74) is 1.25. The molecule has 0 bridgehead atoms. The second kappa shape index (κ2) is 17.1. The zero-order chi connectivity index (χ0) is 41.7. The summed E-state index contributed by atoms with van der Waals surface area (Å²) in [5, 5.41) is 32.6. The smallest absolute Gasteiger partial charge is 0.336 e. The Morgan fingerprint density at radius 1 is 0.709 bits per heavy atom. The second-order valence-electron chi connectivity index (χ2n) is 14.8. The average molecular weight is 761 g/mol. The second-order valence-corrected chi connectivity index (χ2v) is 14.8. The fourth-order valence-corrected chi connectivity index (χ4v) is 5.92. The summed E-state index contributed by atoms with van der Waals surface area (Å²) in [6, 6.07) is 10.1. The molecule has 5 rings (SSSR count). The molecule has 2 atom stereocenters. The van der Waals surface area contributed by atoms with Crippen LogP contribution in [-0.2, 0) is 28.8 Å². The van der Waals surface area contributed by atoms with E-state index in [-0.39, 0.29) is 54.0 Å². The maximum Gasteiger partial charge on any atom is 0.336 e. The molecule has 0 aromatic heterocycles. The largest absolute Gasteiger partial charge is 0.481 e. The van der Waals surface area contributed by atoms with Gasteiger partial charge in [-0.25, -0.2) is 9.59 Å². The molecule has 2 aromatic rings. The highest BCUT2D eigenvalue weighted by Gasteiger charge is 2.44. The van der Waals surface area contributed by atoms with Gasteiger partial charge < -0.3 is 26.0 Å². The van der Waals surface area contributed by atoms with E-state index in [1.165, 1.54) is 6.07 Å². The molecule has 2 aliphatic heterocycles. The Morgan fingerprint density at radius 3 is 1.55 bits per heavy atom. The number of aliphatic imine (C=N–C) groups is 2. The Labute approximate surface area is 318 Å². The molecule has 5 N–H and O–H groups in total. The van der Waals surface area contributed by atoms with Gasteiger partial charge in [0.15, 0.2) is 17.3 Å². The summed E-state index contributed by atoms with van der Waals surface area (Å²) < 4.78 is 0. The van der Waals surface area contributed by atoms with Gasteiger partial charge in [0, 0.05) is 30.4 Å². The number of hydrogen-bond acceptors (Lipinski definition) is 10. The van der Waals surface area contributed by atoms with Crippen LogP contribution in [-0.4, -0.2) is 85.1 Å². The topological polar surface area (TPSA) is 246 Å². The van der Waals surface area contributed by atoms with E-state index in [2.05, 4.69) is 20.6 Å². The predicted molar refractivity (Wildman–Crippen MR) is 201 cm³/mol. The number of aliphatic carboxylic acids is 1.